The highest BCUT2D eigenvalue weighted by atomic mass is 19.4. The first-order valence-electron chi connectivity index (χ1n) is 10.6. The minimum Gasteiger partial charge on any atom is -0.325 e. The van der Waals surface area contributed by atoms with Crippen LogP contribution in [0.4, 0.5) is 18.9 Å². The van der Waals surface area contributed by atoms with Crippen LogP contribution in [-0.4, -0.2) is 34.6 Å². The molecule has 0 bridgehead atoms. The van der Waals surface area contributed by atoms with Gasteiger partial charge in [0.15, 0.2) is 0 Å². The fraction of sp³-hybridized carbons (Fsp3) is 0.375. The van der Waals surface area contributed by atoms with Crippen LogP contribution in [0.2, 0.25) is 0 Å². The molecule has 1 spiro atoms. The van der Waals surface area contributed by atoms with Crippen molar-refractivity contribution in [3.8, 4) is 0 Å². The Bertz CT molecular complexity index is 1020. The number of benzene rings is 2. The van der Waals surface area contributed by atoms with Gasteiger partial charge in [-0.05, 0) is 55.9 Å². The average molecular weight is 443 g/mol. The molecule has 1 N–H and O–H groups in total. The zero-order chi connectivity index (χ0) is 22.9. The van der Waals surface area contributed by atoms with Gasteiger partial charge in [-0.3, -0.25) is 14.6 Å². The molecule has 0 atom stereocenters. The molecule has 8 heteroatoms. The quantitative estimate of drug-likeness (QED) is 0.732. The molecular weight excluding hydrogens is 419 g/mol. The van der Waals surface area contributed by atoms with Crippen LogP contribution in [0.3, 0.4) is 0 Å². The largest absolute Gasteiger partial charge is 0.416 e. The van der Waals surface area contributed by atoms with E-state index in [2.05, 4.69) is 12.2 Å². The molecule has 2 aliphatic rings. The zero-order valence-corrected chi connectivity index (χ0v) is 17.7. The van der Waals surface area contributed by atoms with Gasteiger partial charge in [0.2, 0.25) is 5.91 Å². The second-order valence-electron chi connectivity index (χ2n) is 8.51. The SMILES string of the molecule is CC1CCC2(CC1)N=C(c1ccccc1)C(=O)N2CC(=O)Nc1ccc(C(F)(F)F)cc1. The van der Waals surface area contributed by atoms with Crippen molar-refractivity contribution < 1.29 is 22.8 Å². The van der Waals surface area contributed by atoms with Gasteiger partial charge in [-0.2, -0.15) is 13.2 Å². The molecule has 2 amide bonds. The molecular formula is C24H24F3N3O2. The van der Waals surface area contributed by atoms with Crippen LogP contribution in [0.1, 0.15) is 43.7 Å². The minimum absolute atomic E-state index is 0.214. The number of rotatable bonds is 4. The van der Waals surface area contributed by atoms with E-state index in [1.54, 1.807) is 0 Å². The fourth-order valence-corrected chi connectivity index (χ4v) is 4.33. The van der Waals surface area contributed by atoms with E-state index >= 15 is 0 Å². The standard InChI is InChI=1S/C24H24F3N3O2/c1-16-11-13-23(14-12-16)29-21(17-5-3-2-4-6-17)22(32)30(23)15-20(31)28-19-9-7-18(8-10-19)24(25,26)27/h2-10,16H,11-15H2,1H3,(H,28,31). The van der Waals surface area contributed by atoms with Crippen LogP contribution in [-0.2, 0) is 15.8 Å². The van der Waals surface area contributed by atoms with Crippen molar-refractivity contribution in [2.75, 3.05) is 11.9 Å². The zero-order valence-electron chi connectivity index (χ0n) is 17.7. The number of aliphatic imine (C=N–C) groups is 1. The Kier molecular flexibility index (Phi) is 5.79. The van der Waals surface area contributed by atoms with Gasteiger partial charge in [0.05, 0.1) is 5.56 Å². The lowest BCUT2D eigenvalue weighted by molar-refractivity contribution is -0.137. The second kappa shape index (κ2) is 8.41. The predicted octanol–water partition coefficient (Wildman–Crippen LogP) is 4.88. The minimum atomic E-state index is -4.44. The summed E-state index contributed by atoms with van der Waals surface area (Å²) in [7, 11) is 0. The van der Waals surface area contributed by atoms with E-state index in [-0.39, 0.29) is 18.1 Å². The summed E-state index contributed by atoms with van der Waals surface area (Å²) < 4.78 is 38.3. The summed E-state index contributed by atoms with van der Waals surface area (Å²) in [6.07, 6.45) is -1.31. The van der Waals surface area contributed by atoms with E-state index in [1.165, 1.54) is 17.0 Å². The maximum atomic E-state index is 13.3. The molecule has 32 heavy (non-hydrogen) atoms. The van der Waals surface area contributed by atoms with Gasteiger partial charge in [-0.15, -0.1) is 0 Å². The molecule has 0 radical (unpaired) electrons. The third kappa shape index (κ3) is 4.40. The van der Waals surface area contributed by atoms with Crippen LogP contribution in [0.25, 0.3) is 0 Å². The maximum Gasteiger partial charge on any atom is 0.416 e. The van der Waals surface area contributed by atoms with Crippen LogP contribution in [0, 0.1) is 5.92 Å². The molecule has 0 aromatic heterocycles. The molecule has 5 nitrogen and oxygen atoms in total. The maximum absolute atomic E-state index is 13.3. The number of nitrogens with one attached hydrogen (secondary N) is 1. The number of carbonyl (C=O) groups excluding carboxylic acids is 2. The predicted molar refractivity (Wildman–Crippen MR) is 115 cm³/mol. The van der Waals surface area contributed by atoms with Gasteiger partial charge in [-0.1, -0.05) is 37.3 Å². The Morgan fingerprint density at radius 1 is 1.09 bits per heavy atom. The molecule has 1 aliphatic carbocycles. The van der Waals surface area contributed by atoms with E-state index < -0.39 is 23.3 Å². The smallest absolute Gasteiger partial charge is 0.325 e. The van der Waals surface area contributed by atoms with E-state index in [0.29, 0.717) is 30.0 Å². The van der Waals surface area contributed by atoms with E-state index in [9.17, 15) is 22.8 Å². The number of hydrogen-bond donors (Lipinski definition) is 1. The summed E-state index contributed by atoms with van der Waals surface area (Å²) in [5.41, 5.74) is -0.248. The number of amides is 2. The molecule has 1 fully saturated rings. The summed E-state index contributed by atoms with van der Waals surface area (Å²) in [6.45, 7) is 1.95. The van der Waals surface area contributed by atoms with Crippen molar-refractivity contribution in [3.05, 3.63) is 65.7 Å². The Morgan fingerprint density at radius 2 is 1.72 bits per heavy atom. The summed E-state index contributed by atoms with van der Waals surface area (Å²) in [4.78, 5) is 32.4. The lowest BCUT2D eigenvalue weighted by atomic mass is 9.82. The van der Waals surface area contributed by atoms with Crippen molar-refractivity contribution >= 4 is 23.2 Å². The summed E-state index contributed by atoms with van der Waals surface area (Å²) in [5.74, 6) is -0.247. The molecule has 1 heterocycles. The first-order chi connectivity index (χ1) is 15.2. The number of anilines is 1. The summed E-state index contributed by atoms with van der Waals surface area (Å²) in [5, 5.41) is 2.60. The Labute approximate surface area is 184 Å². The molecule has 0 unspecified atom stereocenters. The van der Waals surface area contributed by atoms with Crippen molar-refractivity contribution in [3.63, 3.8) is 0 Å². The lowest BCUT2D eigenvalue weighted by Crippen LogP contribution is -2.51. The van der Waals surface area contributed by atoms with E-state index in [0.717, 1.165) is 25.0 Å². The molecule has 1 saturated carbocycles. The highest BCUT2D eigenvalue weighted by Gasteiger charge is 2.49. The Balaban J connectivity index is 1.53. The molecule has 168 valence electrons. The lowest BCUT2D eigenvalue weighted by Gasteiger charge is -2.40. The Morgan fingerprint density at radius 3 is 2.31 bits per heavy atom. The topological polar surface area (TPSA) is 61.8 Å². The van der Waals surface area contributed by atoms with E-state index in [4.69, 9.17) is 4.99 Å². The molecule has 2 aromatic carbocycles. The van der Waals surface area contributed by atoms with E-state index in [1.807, 2.05) is 30.3 Å². The molecule has 2 aromatic rings. The van der Waals surface area contributed by atoms with Crippen molar-refractivity contribution in [2.24, 2.45) is 10.9 Å². The van der Waals surface area contributed by atoms with Crippen molar-refractivity contribution in [1.29, 1.82) is 0 Å². The third-order valence-electron chi connectivity index (χ3n) is 6.19. The molecule has 4 rings (SSSR count). The summed E-state index contributed by atoms with van der Waals surface area (Å²) in [6, 6.07) is 13.4. The second-order valence-corrected chi connectivity index (χ2v) is 8.51. The van der Waals surface area contributed by atoms with Gasteiger partial charge in [0, 0.05) is 11.3 Å². The van der Waals surface area contributed by atoms with Gasteiger partial charge >= 0.3 is 6.18 Å². The van der Waals surface area contributed by atoms with Crippen molar-refractivity contribution in [1.82, 2.24) is 4.90 Å². The van der Waals surface area contributed by atoms with Gasteiger partial charge in [0.25, 0.3) is 5.91 Å². The first kappa shape index (κ1) is 22.0. The Hall–Kier alpha value is -3.16. The van der Waals surface area contributed by atoms with Gasteiger partial charge in [-0.25, -0.2) is 0 Å². The van der Waals surface area contributed by atoms with Crippen LogP contribution in [0.5, 0.6) is 0 Å². The number of alkyl halides is 3. The first-order valence-corrected chi connectivity index (χ1v) is 10.6. The highest BCUT2D eigenvalue weighted by molar-refractivity contribution is 6.47. The number of nitrogens with zero attached hydrogens (tertiary/aromatic N) is 2. The van der Waals surface area contributed by atoms with Crippen LogP contribution in [0.15, 0.2) is 59.6 Å². The molecule has 1 aliphatic heterocycles. The van der Waals surface area contributed by atoms with Crippen LogP contribution < -0.4 is 5.32 Å². The number of halogens is 3. The monoisotopic (exact) mass is 443 g/mol. The molecule has 0 saturated heterocycles. The fourth-order valence-electron chi connectivity index (χ4n) is 4.33. The van der Waals surface area contributed by atoms with Gasteiger partial charge in [0.1, 0.15) is 17.9 Å². The third-order valence-corrected chi connectivity index (χ3v) is 6.19. The number of carbonyl (C=O) groups is 2. The normalized spacial score (nSPS) is 23.4. The average Bonchev–Trinajstić information content (AvgIpc) is 3.02. The van der Waals surface area contributed by atoms with Crippen molar-refractivity contribution in [2.45, 2.75) is 44.4 Å². The number of hydrogen-bond acceptors (Lipinski definition) is 3. The van der Waals surface area contributed by atoms with Crippen LogP contribution >= 0.6 is 0 Å². The van der Waals surface area contributed by atoms with Gasteiger partial charge < -0.3 is 10.2 Å². The highest BCUT2D eigenvalue weighted by Crippen LogP contribution is 2.41. The summed E-state index contributed by atoms with van der Waals surface area (Å²) >= 11 is 0.